The molecule has 0 fully saturated rings. The van der Waals surface area contributed by atoms with Crippen molar-refractivity contribution in [3.05, 3.63) is 27.5 Å². The van der Waals surface area contributed by atoms with Gasteiger partial charge in [-0.05, 0) is 43.9 Å². The highest BCUT2D eigenvalue weighted by atomic mass is 32.1. The highest BCUT2D eigenvalue weighted by Crippen LogP contribution is 2.17. The lowest BCUT2D eigenvalue weighted by molar-refractivity contribution is -0.138. The van der Waals surface area contributed by atoms with Crippen LogP contribution in [-0.2, 0) is 9.53 Å². The molecule has 1 aromatic heterocycles. The minimum Gasteiger partial charge on any atom is -0.463 e. The topological polar surface area (TPSA) is 26.3 Å². The smallest absolute Gasteiger partial charge is 0.333 e. The van der Waals surface area contributed by atoms with Crippen LogP contribution in [-0.4, -0.2) is 12.6 Å². The maximum Gasteiger partial charge on any atom is 0.333 e. The van der Waals surface area contributed by atoms with Crippen molar-refractivity contribution in [1.29, 1.82) is 0 Å². The number of rotatable bonds is 3. The molecule has 3 heteroatoms. The molecule has 0 saturated carbocycles. The van der Waals surface area contributed by atoms with Crippen LogP contribution in [0.3, 0.4) is 0 Å². The van der Waals surface area contributed by atoms with Crippen LogP contribution >= 0.6 is 11.3 Å². The standard InChI is InChI=1S/C11H14O2S/c1-4-13-11(12)9(3)6-10-5-8(2)7-14-10/h5-7H,4H2,1-3H3/b9-6-. The van der Waals surface area contributed by atoms with E-state index < -0.39 is 0 Å². The third-order valence-corrected chi connectivity index (χ3v) is 2.70. The van der Waals surface area contributed by atoms with Gasteiger partial charge < -0.3 is 4.74 Å². The highest BCUT2D eigenvalue weighted by molar-refractivity contribution is 7.11. The van der Waals surface area contributed by atoms with Crippen molar-refractivity contribution in [3.8, 4) is 0 Å². The molecule has 76 valence electrons. The Morgan fingerprint density at radius 2 is 2.36 bits per heavy atom. The van der Waals surface area contributed by atoms with E-state index in [1.165, 1.54) is 5.56 Å². The summed E-state index contributed by atoms with van der Waals surface area (Å²) in [5.41, 5.74) is 1.87. The fourth-order valence-corrected chi connectivity index (χ4v) is 1.94. The summed E-state index contributed by atoms with van der Waals surface area (Å²) in [6.07, 6.45) is 1.86. The van der Waals surface area contributed by atoms with Gasteiger partial charge in [0, 0.05) is 10.5 Å². The molecule has 0 bridgehead atoms. The second kappa shape index (κ2) is 4.96. The van der Waals surface area contributed by atoms with Gasteiger partial charge in [-0.3, -0.25) is 0 Å². The largest absolute Gasteiger partial charge is 0.463 e. The number of carbonyl (C=O) groups is 1. The van der Waals surface area contributed by atoms with Gasteiger partial charge in [0.05, 0.1) is 6.61 Å². The van der Waals surface area contributed by atoms with E-state index in [4.69, 9.17) is 4.74 Å². The lowest BCUT2D eigenvalue weighted by atomic mass is 10.2. The average Bonchev–Trinajstić information content (AvgIpc) is 2.51. The molecule has 1 heterocycles. The first-order valence-corrected chi connectivity index (χ1v) is 5.42. The van der Waals surface area contributed by atoms with Crippen LogP contribution in [0, 0.1) is 6.92 Å². The predicted molar refractivity (Wildman–Crippen MR) is 59.3 cm³/mol. The monoisotopic (exact) mass is 210 g/mol. The quantitative estimate of drug-likeness (QED) is 0.566. The molecule has 0 aliphatic heterocycles. The van der Waals surface area contributed by atoms with Crippen LogP contribution in [0.2, 0.25) is 0 Å². The molecule has 2 nitrogen and oxygen atoms in total. The molecular formula is C11H14O2S. The van der Waals surface area contributed by atoms with Crippen molar-refractivity contribution in [2.45, 2.75) is 20.8 Å². The molecule has 1 aromatic rings. The van der Waals surface area contributed by atoms with Crippen molar-refractivity contribution in [2.75, 3.05) is 6.61 Å². The van der Waals surface area contributed by atoms with E-state index in [0.29, 0.717) is 12.2 Å². The van der Waals surface area contributed by atoms with E-state index in [1.54, 1.807) is 25.2 Å². The molecule has 0 aromatic carbocycles. The Morgan fingerprint density at radius 1 is 1.64 bits per heavy atom. The summed E-state index contributed by atoms with van der Waals surface area (Å²) < 4.78 is 4.88. The minimum absolute atomic E-state index is 0.237. The number of esters is 1. The zero-order valence-electron chi connectivity index (χ0n) is 8.66. The maximum absolute atomic E-state index is 11.3. The highest BCUT2D eigenvalue weighted by Gasteiger charge is 2.04. The van der Waals surface area contributed by atoms with Crippen LogP contribution in [0.1, 0.15) is 24.3 Å². The van der Waals surface area contributed by atoms with Gasteiger partial charge in [-0.2, -0.15) is 0 Å². The first kappa shape index (κ1) is 11.0. The van der Waals surface area contributed by atoms with E-state index >= 15 is 0 Å². The zero-order chi connectivity index (χ0) is 10.6. The summed E-state index contributed by atoms with van der Waals surface area (Å²) >= 11 is 1.63. The van der Waals surface area contributed by atoms with Gasteiger partial charge in [-0.15, -0.1) is 11.3 Å². The molecule has 0 atom stereocenters. The summed E-state index contributed by atoms with van der Waals surface area (Å²) in [6, 6.07) is 2.05. The number of thiophene rings is 1. The van der Waals surface area contributed by atoms with E-state index in [2.05, 4.69) is 5.38 Å². The van der Waals surface area contributed by atoms with Crippen molar-refractivity contribution in [3.63, 3.8) is 0 Å². The molecule has 14 heavy (non-hydrogen) atoms. The van der Waals surface area contributed by atoms with Crippen molar-refractivity contribution in [1.82, 2.24) is 0 Å². The lowest BCUT2D eigenvalue weighted by Crippen LogP contribution is -2.04. The molecular weight excluding hydrogens is 196 g/mol. The summed E-state index contributed by atoms with van der Waals surface area (Å²) in [5.74, 6) is -0.237. The third-order valence-electron chi connectivity index (χ3n) is 1.71. The Labute approximate surface area is 88.2 Å². The summed E-state index contributed by atoms with van der Waals surface area (Å²) in [5, 5.41) is 2.06. The van der Waals surface area contributed by atoms with E-state index in [1.807, 2.05) is 19.1 Å². The maximum atomic E-state index is 11.3. The van der Waals surface area contributed by atoms with Crippen LogP contribution in [0.15, 0.2) is 17.0 Å². The van der Waals surface area contributed by atoms with Crippen LogP contribution in [0.25, 0.3) is 6.08 Å². The third kappa shape index (κ3) is 3.00. The number of hydrogen-bond donors (Lipinski definition) is 0. The second-order valence-electron chi connectivity index (χ2n) is 3.07. The van der Waals surface area contributed by atoms with Crippen molar-refractivity contribution < 1.29 is 9.53 Å². The molecule has 1 rings (SSSR count). The molecule has 0 aliphatic rings. The Bertz CT molecular complexity index is 350. The normalized spacial score (nSPS) is 11.5. The van der Waals surface area contributed by atoms with Crippen LogP contribution < -0.4 is 0 Å². The fraction of sp³-hybridized carbons (Fsp3) is 0.364. The fourth-order valence-electron chi connectivity index (χ4n) is 1.05. The lowest BCUT2D eigenvalue weighted by Gasteiger charge is -1.99. The van der Waals surface area contributed by atoms with Gasteiger partial charge in [0.1, 0.15) is 0 Å². The van der Waals surface area contributed by atoms with Gasteiger partial charge in [0.25, 0.3) is 0 Å². The number of ether oxygens (including phenoxy) is 1. The summed E-state index contributed by atoms with van der Waals surface area (Å²) in [4.78, 5) is 12.4. The summed E-state index contributed by atoms with van der Waals surface area (Å²) in [6.45, 7) is 6.04. The van der Waals surface area contributed by atoms with Crippen LogP contribution in [0.4, 0.5) is 0 Å². The predicted octanol–water partition coefficient (Wildman–Crippen LogP) is 3.02. The molecule has 0 aliphatic carbocycles. The van der Waals surface area contributed by atoms with Crippen LogP contribution in [0.5, 0.6) is 0 Å². The molecule has 0 radical (unpaired) electrons. The molecule has 0 N–H and O–H groups in total. The Morgan fingerprint density at radius 3 is 2.86 bits per heavy atom. The first-order valence-electron chi connectivity index (χ1n) is 4.54. The molecule has 0 spiro atoms. The van der Waals surface area contributed by atoms with Gasteiger partial charge in [0.2, 0.25) is 0 Å². The molecule has 0 saturated heterocycles. The SMILES string of the molecule is CCOC(=O)/C(C)=C\c1cc(C)cs1. The summed E-state index contributed by atoms with van der Waals surface area (Å²) in [7, 11) is 0. The molecule has 0 unspecified atom stereocenters. The van der Waals surface area contributed by atoms with Gasteiger partial charge in [0.15, 0.2) is 0 Å². The Balaban J connectivity index is 2.73. The first-order chi connectivity index (χ1) is 6.63. The van der Waals surface area contributed by atoms with E-state index in [9.17, 15) is 4.79 Å². The number of hydrogen-bond acceptors (Lipinski definition) is 3. The Hall–Kier alpha value is -1.09. The van der Waals surface area contributed by atoms with E-state index in [-0.39, 0.29) is 5.97 Å². The van der Waals surface area contributed by atoms with Crippen molar-refractivity contribution >= 4 is 23.4 Å². The van der Waals surface area contributed by atoms with Gasteiger partial charge in [-0.25, -0.2) is 4.79 Å². The zero-order valence-corrected chi connectivity index (χ0v) is 9.48. The van der Waals surface area contributed by atoms with E-state index in [0.717, 1.165) is 4.88 Å². The number of aryl methyl sites for hydroxylation is 1. The van der Waals surface area contributed by atoms with Crippen molar-refractivity contribution in [2.24, 2.45) is 0 Å². The number of carbonyl (C=O) groups excluding carboxylic acids is 1. The van der Waals surface area contributed by atoms with Gasteiger partial charge in [-0.1, -0.05) is 0 Å². The Kier molecular flexibility index (Phi) is 3.89. The average molecular weight is 210 g/mol. The van der Waals surface area contributed by atoms with Gasteiger partial charge >= 0.3 is 5.97 Å². The molecule has 0 amide bonds. The second-order valence-corrected chi connectivity index (χ2v) is 4.02. The minimum atomic E-state index is -0.237.